The number of nitrogens with zero attached hydrogens (tertiary/aromatic N) is 2. The number of halogens is 2. The average Bonchev–Trinajstić information content (AvgIpc) is 2.91. The maximum atomic E-state index is 12.1. The quantitative estimate of drug-likeness (QED) is 0.850. The third-order valence-electron chi connectivity index (χ3n) is 3.31. The van der Waals surface area contributed by atoms with Gasteiger partial charge in [-0.1, -0.05) is 44.0 Å². The Morgan fingerprint density at radius 1 is 1.29 bits per heavy atom. The van der Waals surface area contributed by atoms with Crippen LogP contribution < -0.4 is 5.32 Å². The lowest BCUT2D eigenvalue weighted by molar-refractivity contribution is -0.117. The Morgan fingerprint density at radius 3 is 2.58 bits per heavy atom. The first-order valence-corrected chi connectivity index (χ1v) is 8.29. The van der Waals surface area contributed by atoms with E-state index in [-0.39, 0.29) is 17.9 Å². The van der Waals surface area contributed by atoms with Crippen molar-refractivity contribution in [3.63, 3.8) is 0 Å². The van der Waals surface area contributed by atoms with Crippen LogP contribution >= 0.6 is 23.2 Å². The number of amides is 1. The van der Waals surface area contributed by atoms with E-state index in [2.05, 4.69) is 31.1 Å². The molecule has 5 nitrogen and oxygen atoms in total. The molecule has 0 spiro atoms. The molecule has 0 atom stereocenters. The molecule has 1 N–H and O–H groups in total. The number of carbonyl (C=O) groups excluding carboxylic acids is 1. The number of carbonyl (C=O) groups is 1. The molecule has 0 aliphatic carbocycles. The topological polar surface area (TPSA) is 58.4 Å². The van der Waals surface area contributed by atoms with Crippen LogP contribution in [0.1, 0.15) is 32.4 Å². The highest BCUT2D eigenvalue weighted by Gasteiger charge is 2.20. The summed E-state index contributed by atoms with van der Waals surface area (Å²) in [6, 6.07) is 4.96. The van der Waals surface area contributed by atoms with Crippen LogP contribution in [0.2, 0.25) is 10.0 Å². The Kier molecular flexibility index (Phi) is 5.91. The zero-order valence-corrected chi connectivity index (χ0v) is 15.7. The number of nitrogens with one attached hydrogen (secondary N) is 1. The summed E-state index contributed by atoms with van der Waals surface area (Å²) in [5.41, 5.74) is 0.517. The zero-order valence-electron chi connectivity index (χ0n) is 14.2. The zero-order chi connectivity index (χ0) is 17.9. The van der Waals surface area contributed by atoms with Gasteiger partial charge in [0, 0.05) is 11.1 Å². The molecule has 0 aliphatic heterocycles. The fraction of sp³-hybridized carbons (Fsp3) is 0.412. The fourth-order valence-corrected chi connectivity index (χ4v) is 2.33. The number of anilines is 1. The molecular formula is C17H21Cl2N3O2. The number of hydrogen-bond donors (Lipinski definition) is 1. The van der Waals surface area contributed by atoms with Crippen LogP contribution in [0.15, 0.2) is 28.8 Å². The predicted molar refractivity (Wildman–Crippen MR) is 96.6 cm³/mol. The Balaban J connectivity index is 1.89. The lowest BCUT2D eigenvalue weighted by atomic mass is 9.94. The monoisotopic (exact) mass is 369 g/mol. The first kappa shape index (κ1) is 18.8. The van der Waals surface area contributed by atoms with Gasteiger partial charge in [-0.3, -0.25) is 9.69 Å². The summed E-state index contributed by atoms with van der Waals surface area (Å²) in [5, 5.41) is 3.63. The number of benzene rings is 1. The summed E-state index contributed by atoms with van der Waals surface area (Å²) >= 11 is 11.8. The Morgan fingerprint density at radius 2 is 2.00 bits per heavy atom. The summed E-state index contributed by atoms with van der Waals surface area (Å²) in [5.74, 6) is 1.26. The molecule has 0 fully saturated rings. The Hall–Kier alpha value is -1.56. The summed E-state index contributed by atoms with van der Waals surface area (Å²) in [6.07, 6.45) is 1.74. The van der Waals surface area contributed by atoms with Gasteiger partial charge in [0.2, 0.25) is 11.8 Å². The van der Waals surface area contributed by atoms with Crippen LogP contribution in [0.25, 0.3) is 0 Å². The third-order valence-corrected chi connectivity index (χ3v) is 4.05. The fourth-order valence-electron chi connectivity index (χ4n) is 2.04. The summed E-state index contributed by atoms with van der Waals surface area (Å²) < 4.78 is 5.73. The average molecular weight is 370 g/mol. The van der Waals surface area contributed by atoms with Gasteiger partial charge in [-0.2, -0.15) is 0 Å². The molecule has 0 radical (unpaired) electrons. The minimum absolute atomic E-state index is 0.0882. The SMILES string of the molecule is CN(CC(=O)Nc1ccc(Cl)c(Cl)c1)Cc1ncc(C(C)(C)C)o1. The Bertz CT molecular complexity index is 723. The molecule has 0 bridgehead atoms. The minimum Gasteiger partial charge on any atom is -0.444 e. The van der Waals surface area contributed by atoms with Crippen LogP contribution in [0.4, 0.5) is 5.69 Å². The second-order valence-electron chi connectivity index (χ2n) is 6.72. The van der Waals surface area contributed by atoms with E-state index < -0.39 is 0 Å². The number of oxazole rings is 1. The van der Waals surface area contributed by atoms with Crippen LogP contribution in [0, 0.1) is 0 Å². The summed E-state index contributed by atoms with van der Waals surface area (Å²) in [6.45, 7) is 6.83. The lowest BCUT2D eigenvalue weighted by Gasteiger charge is -2.15. The Labute approximate surface area is 151 Å². The van der Waals surface area contributed by atoms with E-state index >= 15 is 0 Å². The van der Waals surface area contributed by atoms with Gasteiger partial charge in [0.05, 0.1) is 29.3 Å². The molecule has 0 aliphatic rings. The molecule has 1 aromatic carbocycles. The van der Waals surface area contributed by atoms with Crippen molar-refractivity contribution in [2.45, 2.75) is 32.7 Å². The van der Waals surface area contributed by atoms with Crippen LogP contribution in [-0.2, 0) is 16.8 Å². The number of rotatable bonds is 5. The van der Waals surface area contributed by atoms with E-state index in [4.69, 9.17) is 27.6 Å². The first-order chi connectivity index (χ1) is 11.1. The van der Waals surface area contributed by atoms with E-state index in [1.165, 1.54) is 0 Å². The number of likely N-dealkylation sites (N-methyl/N-ethyl adjacent to an activating group) is 1. The van der Waals surface area contributed by atoms with Crippen LogP contribution in [-0.4, -0.2) is 29.4 Å². The molecule has 1 heterocycles. The highest BCUT2D eigenvalue weighted by molar-refractivity contribution is 6.42. The van der Waals surface area contributed by atoms with Crippen molar-refractivity contribution in [3.8, 4) is 0 Å². The molecule has 130 valence electrons. The van der Waals surface area contributed by atoms with E-state index in [0.29, 0.717) is 28.2 Å². The molecule has 0 unspecified atom stereocenters. The van der Waals surface area contributed by atoms with Gasteiger partial charge in [0.15, 0.2) is 0 Å². The molecular weight excluding hydrogens is 349 g/mol. The molecule has 0 saturated heterocycles. The van der Waals surface area contributed by atoms with Crippen molar-refractivity contribution in [2.75, 3.05) is 18.9 Å². The maximum Gasteiger partial charge on any atom is 0.238 e. The molecule has 7 heteroatoms. The van der Waals surface area contributed by atoms with Gasteiger partial charge in [-0.05, 0) is 25.2 Å². The largest absolute Gasteiger partial charge is 0.444 e. The van der Waals surface area contributed by atoms with Crippen molar-refractivity contribution in [3.05, 3.63) is 46.1 Å². The lowest BCUT2D eigenvalue weighted by Crippen LogP contribution is -2.29. The van der Waals surface area contributed by atoms with Crippen molar-refractivity contribution >= 4 is 34.8 Å². The summed E-state index contributed by atoms with van der Waals surface area (Å²) in [4.78, 5) is 18.2. The highest BCUT2D eigenvalue weighted by Crippen LogP contribution is 2.25. The predicted octanol–water partition coefficient (Wildman–Crippen LogP) is 4.35. The van der Waals surface area contributed by atoms with E-state index in [1.807, 2.05) is 11.9 Å². The van der Waals surface area contributed by atoms with Gasteiger partial charge >= 0.3 is 0 Å². The van der Waals surface area contributed by atoms with Crippen molar-refractivity contribution < 1.29 is 9.21 Å². The normalized spacial score (nSPS) is 11.8. The van der Waals surface area contributed by atoms with Crippen molar-refractivity contribution in [1.29, 1.82) is 0 Å². The van der Waals surface area contributed by atoms with Gasteiger partial charge in [0.25, 0.3) is 0 Å². The van der Waals surface area contributed by atoms with Crippen LogP contribution in [0.3, 0.4) is 0 Å². The molecule has 2 rings (SSSR count). The minimum atomic E-state index is -0.154. The van der Waals surface area contributed by atoms with E-state index in [1.54, 1.807) is 24.4 Å². The van der Waals surface area contributed by atoms with Gasteiger partial charge in [0.1, 0.15) is 5.76 Å². The second-order valence-corrected chi connectivity index (χ2v) is 7.53. The van der Waals surface area contributed by atoms with Crippen molar-refractivity contribution in [2.24, 2.45) is 0 Å². The second kappa shape index (κ2) is 7.55. The summed E-state index contributed by atoms with van der Waals surface area (Å²) in [7, 11) is 1.83. The maximum absolute atomic E-state index is 12.1. The first-order valence-electron chi connectivity index (χ1n) is 7.54. The third kappa shape index (κ3) is 5.23. The smallest absolute Gasteiger partial charge is 0.238 e. The molecule has 1 aromatic heterocycles. The van der Waals surface area contributed by atoms with Gasteiger partial charge in [-0.25, -0.2) is 4.98 Å². The van der Waals surface area contributed by atoms with Gasteiger partial charge < -0.3 is 9.73 Å². The molecule has 1 amide bonds. The molecule has 2 aromatic rings. The van der Waals surface area contributed by atoms with E-state index in [9.17, 15) is 4.79 Å². The number of hydrogen-bond acceptors (Lipinski definition) is 4. The molecule has 24 heavy (non-hydrogen) atoms. The van der Waals surface area contributed by atoms with E-state index in [0.717, 1.165) is 5.76 Å². The van der Waals surface area contributed by atoms with Crippen LogP contribution in [0.5, 0.6) is 0 Å². The number of aromatic nitrogens is 1. The highest BCUT2D eigenvalue weighted by atomic mass is 35.5. The standard InChI is InChI=1S/C17H21Cl2N3O2/c1-17(2,3)14-8-20-16(24-14)10-22(4)9-15(23)21-11-5-6-12(18)13(19)7-11/h5-8H,9-10H2,1-4H3,(H,21,23). The van der Waals surface area contributed by atoms with Crippen molar-refractivity contribution in [1.82, 2.24) is 9.88 Å². The van der Waals surface area contributed by atoms with Gasteiger partial charge in [-0.15, -0.1) is 0 Å². The molecule has 0 saturated carbocycles.